The van der Waals surface area contributed by atoms with Gasteiger partial charge in [-0.1, -0.05) is 31.9 Å². The second-order valence-corrected chi connectivity index (χ2v) is 12.3. The molecule has 0 bridgehead atoms. The first-order valence-corrected chi connectivity index (χ1v) is 15.3. The molecule has 5 N–H and O–H groups in total. The molecule has 0 amide bonds. The van der Waals surface area contributed by atoms with Crippen molar-refractivity contribution in [3.8, 4) is 0 Å². The fraction of sp³-hybridized carbons (Fsp3) is 0.600. The smallest absolute Gasteiger partial charge is 0.227 e. The third-order valence-electron chi connectivity index (χ3n) is 9.59. The lowest BCUT2D eigenvalue weighted by molar-refractivity contribution is 0.198. The molecule has 1 atom stereocenters. The Kier molecular flexibility index (Phi) is 7.05. The van der Waals surface area contributed by atoms with E-state index in [-0.39, 0.29) is 0 Å². The summed E-state index contributed by atoms with van der Waals surface area (Å²) in [5.74, 6) is 3.58. The van der Waals surface area contributed by atoms with Crippen LogP contribution in [0, 0.1) is 5.92 Å². The van der Waals surface area contributed by atoms with Gasteiger partial charge < -0.3 is 26.0 Å². The van der Waals surface area contributed by atoms with Gasteiger partial charge in [0.1, 0.15) is 5.82 Å². The van der Waals surface area contributed by atoms with Crippen molar-refractivity contribution in [2.24, 2.45) is 11.7 Å². The van der Waals surface area contributed by atoms with Crippen molar-refractivity contribution in [2.45, 2.75) is 95.2 Å². The number of nitrogens with zero attached hydrogens (tertiary/aromatic N) is 6. The molecule has 1 aromatic carbocycles. The maximum absolute atomic E-state index is 6.16. The molecule has 4 aromatic rings. The molecule has 40 heavy (non-hydrogen) atoms. The molecule has 2 aliphatic carbocycles. The molecule has 4 heterocycles. The lowest BCUT2D eigenvalue weighted by atomic mass is 9.85. The van der Waals surface area contributed by atoms with E-state index >= 15 is 0 Å². The summed E-state index contributed by atoms with van der Waals surface area (Å²) >= 11 is 0. The van der Waals surface area contributed by atoms with Crippen molar-refractivity contribution >= 4 is 34.0 Å². The average molecular weight is 543 g/mol. The number of rotatable bonds is 7. The molecule has 0 spiro atoms. The van der Waals surface area contributed by atoms with Gasteiger partial charge in [-0.05, 0) is 69.4 Å². The average Bonchev–Trinajstić information content (AvgIpc) is 3.74. The van der Waals surface area contributed by atoms with E-state index in [1.807, 2.05) is 12.4 Å². The molecule has 2 saturated carbocycles. The monoisotopic (exact) mass is 542 g/mol. The number of H-pyrrole nitrogens is 1. The predicted molar refractivity (Wildman–Crippen MR) is 159 cm³/mol. The number of imidazole rings is 2. The molecule has 0 radical (unpaired) electrons. The van der Waals surface area contributed by atoms with Crippen LogP contribution in [-0.4, -0.2) is 59.7 Å². The number of benzene rings is 1. The summed E-state index contributed by atoms with van der Waals surface area (Å²) in [5, 5.41) is 5.95. The zero-order valence-corrected chi connectivity index (χ0v) is 23.5. The topological polar surface area (TPSA) is 126 Å². The van der Waals surface area contributed by atoms with Crippen LogP contribution in [0.2, 0.25) is 0 Å². The summed E-state index contributed by atoms with van der Waals surface area (Å²) in [6.45, 7) is 4.21. The number of aromatic amines is 1. The summed E-state index contributed by atoms with van der Waals surface area (Å²) in [6.07, 6.45) is 13.3. The fourth-order valence-corrected chi connectivity index (χ4v) is 7.03. The Morgan fingerprint density at radius 1 is 0.950 bits per heavy atom. The summed E-state index contributed by atoms with van der Waals surface area (Å²) in [4.78, 5) is 23.2. The summed E-state index contributed by atoms with van der Waals surface area (Å²) in [5.41, 5.74) is 13.8. The molecule has 1 saturated heterocycles. The van der Waals surface area contributed by atoms with Gasteiger partial charge in [-0.25, -0.2) is 15.0 Å². The summed E-state index contributed by atoms with van der Waals surface area (Å²) < 4.78 is 2.29. The first-order chi connectivity index (χ1) is 19.6. The van der Waals surface area contributed by atoms with Gasteiger partial charge in [0.05, 0.1) is 17.4 Å². The standard InChI is InChI=1S/C30H42N10/c1-19(27-34-24-8-4-5-9-25(24)35-27)20-14-16-39(17-15-20)38-28-26-29(40(18-32-26)23-6-2-3-7-23)37-30(36-28)33-22-12-10-21(31)11-13-22/h4-5,8-9,18-23H,2-3,6-7,10-17,31H2,1H3,(H,34,35)(H2,33,36,37,38)/t19?,21-,22-. The molecule has 3 aromatic heterocycles. The molecule has 10 nitrogen and oxygen atoms in total. The van der Waals surface area contributed by atoms with Gasteiger partial charge in [0.2, 0.25) is 5.95 Å². The van der Waals surface area contributed by atoms with E-state index in [2.05, 4.69) is 50.4 Å². The molecule has 7 rings (SSSR count). The van der Waals surface area contributed by atoms with Crippen molar-refractivity contribution in [1.29, 1.82) is 0 Å². The highest BCUT2D eigenvalue weighted by molar-refractivity contribution is 5.84. The van der Waals surface area contributed by atoms with Crippen LogP contribution in [-0.2, 0) is 0 Å². The molecule has 3 fully saturated rings. The van der Waals surface area contributed by atoms with Gasteiger partial charge >= 0.3 is 0 Å². The minimum atomic E-state index is 0.319. The predicted octanol–water partition coefficient (Wildman–Crippen LogP) is 5.34. The van der Waals surface area contributed by atoms with Crippen LogP contribution < -0.4 is 16.5 Å². The van der Waals surface area contributed by atoms with Crippen LogP contribution in [0.15, 0.2) is 30.6 Å². The number of nitrogens with one attached hydrogen (secondary N) is 3. The van der Waals surface area contributed by atoms with Gasteiger partial charge in [0, 0.05) is 37.1 Å². The van der Waals surface area contributed by atoms with Crippen LogP contribution in [0.25, 0.3) is 22.2 Å². The first-order valence-electron chi connectivity index (χ1n) is 15.3. The van der Waals surface area contributed by atoms with E-state index in [9.17, 15) is 0 Å². The van der Waals surface area contributed by atoms with Crippen LogP contribution in [0.3, 0.4) is 0 Å². The quantitative estimate of drug-likeness (QED) is 0.247. The zero-order valence-electron chi connectivity index (χ0n) is 23.5. The maximum atomic E-state index is 6.16. The molecule has 3 aliphatic rings. The number of anilines is 2. The van der Waals surface area contributed by atoms with Gasteiger partial charge in [0.15, 0.2) is 17.0 Å². The molecule has 1 unspecified atom stereocenters. The number of fused-ring (bicyclic) bond motifs is 2. The van der Waals surface area contributed by atoms with E-state index in [1.54, 1.807) is 0 Å². The highest BCUT2D eigenvalue weighted by Gasteiger charge is 2.29. The number of hydrogen-bond donors (Lipinski definition) is 4. The van der Waals surface area contributed by atoms with Crippen LogP contribution in [0.5, 0.6) is 0 Å². The SMILES string of the molecule is CC(c1nc2ccccc2[nH]1)C1CCN(Nc2nc(N[C@H]3CC[C@H](N)CC3)nc3c2ncn3C2CCCC2)CC1. The van der Waals surface area contributed by atoms with Crippen LogP contribution in [0.4, 0.5) is 11.8 Å². The van der Waals surface area contributed by atoms with Crippen molar-refractivity contribution < 1.29 is 0 Å². The Bertz CT molecular complexity index is 1400. The largest absolute Gasteiger partial charge is 0.351 e. The Morgan fingerprint density at radius 3 is 2.50 bits per heavy atom. The minimum absolute atomic E-state index is 0.319. The minimum Gasteiger partial charge on any atom is -0.351 e. The Balaban J connectivity index is 1.08. The Morgan fingerprint density at radius 2 is 1.73 bits per heavy atom. The summed E-state index contributed by atoms with van der Waals surface area (Å²) in [6, 6.07) is 9.46. The van der Waals surface area contributed by atoms with Gasteiger partial charge in [-0.2, -0.15) is 9.97 Å². The molecule has 10 heteroatoms. The van der Waals surface area contributed by atoms with Crippen molar-refractivity contribution in [2.75, 3.05) is 23.8 Å². The number of piperidine rings is 1. The summed E-state index contributed by atoms with van der Waals surface area (Å²) in [7, 11) is 0. The van der Waals surface area contributed by atoms with Gasteiger partial charge in [0.25, 0.3) is 0 Å². The van der Waals surface area contributed by atoms with E-state index < -0.39 is 0 Å². The van der Waals surface area contributed by atoms with Crippen LogP contribution in [0.1, 0.15) is 88.9 Å². The van der Waals surface area contributed by atoms with E-state index in [1.165, 1.54) is 25.7 Å². The van der Waals surface area contributed by atoms with E-state index in [0.717, 1.165) is 85.5 Å². The second-order valence-electron chi connectivity index (χ2n) is 12.3. The highest BCUT2D eigenvalue weighted by atomic mass is 15.5. The third kappa shape index (κ3) is 5.14. The van der Waals surface area contributed by atoms with E-state index in [4.69, 9.17) is 25.7 Å². The molecule has 1 aliphatic heterocycles. The first kappa shape index (κ1) is 25.7. The highest BCUT2D eigenvalue weighted by Crippen LogP contribution is 2.35. The van der Waals surface area contributed by atoms with Crippen molar-refractivity contribution in [3.05, 3.63) is 36.4 Å². The number of para-hydroxylation sites is 2. The van der Waals surface area contributed by atoms with E-state index in [0.29, 0.717) is 35.9 Å². The maximum Gasteiger partial charge on any atom is 0.227 e. The Hall–Kier alpha value is -3.24. The molecular formula is C30H42N10. The number of hydrazine groups is 1. The second kappa shape index (κ2) is 11.0. The van der Waals surface area contributed by atoms with Crippen molar-refractivity contribution in [1.82, 2.24) is 34.5 Å². The molecular weight excluding hydrogens is 500 g/mol. The fourth-order valence-electron chi connectivity index (χ4n) is 7.03. The van der Waals surface area contributed by atoms with Gasteiger partial charge in [-0.15, -0.1) is 0 Å². The zero-order chi connectivity index (χ0) is 27.1. The van der Waals surface area contributed by atoms with Crippen molar-refractivity contribution in [3.63, 3.8) is 0 Å². The third-order valence-corrected chi connectivity index (χ3v) is 9.59. The Labute approximate surface area is 235 Å². The number of aromatic nitrogens is 6. The number of nitrogens with two attached hydrogens (primary N) is 1. The number of hydrogen-bond acceptors (Lipinski definition) is 8. The molecule has 212 valence electrons. The normalized spacial score (nSPS) is 24.1. The lowest BCUT2D eigenvalue weighted by Crippen LogP contribution is -2.39. The van der Waals surface area contributed by atoms with Gasteiger partial charge in [-0.3, -0.25) is 0 Å². The lowest BCUT2D eigenvalue weighted by Gasteiger charge is -2.34. The van der Waals surface area contributed by atoms with Crippen LogP contribution >= 0.6 is 0 Å².